The molecule has 0 fully saturated rings. The van der Waals surface area contributed by atoms with E-state index in [1.54, 1.807) is 19.9 Å². The summed E-state index contributed by atoms with van der Waals surface area (Å²) in [6.07, 6.45) is 0. The number of hydrogen-bond donors (Lipinski definition) is 2. The molecule has 3 heterocycles. The number of amides is 1. The van der Waals surface area contributed by atoms with Crippen LogP contribution in [-0.4, -0.2) is 27.7 Å². The van der Waals surface area contributed by atoms with Crippen LogP contribution < -0.4 is 10.1 Å². The highest BCUT2D eigenvalue weighted by Gasteiger charge is 2.31. The van der Waals surface area contributed by atoms with Crippen LogP contribution in [0.5, 0.6) is 5.75 Å². The number of ether oxygens (including phenoxy) is 1. The molecule has 0 bridgehead atoms. The van der Waals surface area contributed by atoms with Crippen molar-refractivity contribution in [1.29, 1.82) is 0 Å². The van der Waals surface area contributed by atoms with Crippen LogP contribution in [0.25, 0.3) is 11.0 Å². The molecule has 1 aromatic carbocycles. The van der Waals surface area contributed by atoms with Crippen LogP contribution in [0, 0.1) is 25.5 Å². The molecule has 8 heteroatoms. The molecule has 0 saturated carbocycles. The smallest absolute Gasteiger partial charge is 0.252 e. The van der Waals surface area contributed by atoms with Gasteiger partial charge >= 0.3 is 0 Å². The Morgan fingerprint density at radius 1 is 1.32 bits per heavy atom. The topological polar surface area (TPSA) is 79.9 Å². The lowest BCUT2D eigenvalue weighted by Gasteiger charge is -2.13. The molecule has 1 aliphatic heterocycles. The fraction of sp³-hybridized carbons (Fsp3) is 0.235. The third-order valence-corrected chi connectivity index (χ3v) is 4.19. The molecule has 2 N–H and O–H groups in total. The number of carbonyl (C=O) groups is 1. The molecule has 0 saturated heterocycles. The highest BCUT2D eigenvalue weighted by atomic mass is 19.1. The lowest BCUT2D eigenvalue weighted by molar-refractivity contribution is 0.0931. The van der Waals surface area contributed by atoms with Crippen molar-refractivity contribution in [3.05, 3.63) is 52.3 Å². The zero-order valence-electron chi connectivity index (χ0n) is 13.5. The molecule has 1 atom stereocenters. The van der Waals surface area contributed by atoms with Gasteiger partial charge in [0.05, 0.1) is 22.6 Å². The van der Waals surface area contributed by atoms with E-state index in [4.69, 9.17) is 4.74 Å². The molecule has 6 nitrogen and oxygen atoms in total. The van der Waals surface area contributed by atoms with Crippen LogP contribution in [-0.2, 0) is 0 Å². The minimum Gasteiger partial charge on any atom is -0.490 e. The van der Waals surface area contributed by atoms with Gasteiger partial charge in [0.25, 0.3) is 5.91 Å². The minimum absolute atomic E-state index is 0.0407. The zero-order chi connectivity index (χ0) is 17.7. The molecule has 25 heavy (non-hydrogen) atoms. The van der Waals surface area contributed by atoms with Gasteiger partial charge in [-0.3, -0.25) is 9.89 Å². The molecular formula is C17H14F2N4O2. The van der Waals surface area contributed by atoms with E-state index >= 15 is 0 Å². The number of hydrogen-bond acceptors (Lipinski definition) is 4. The van der Waals surface area contributed by atoms with E-state index in [2.05, 4.69) is 20.5 Å². The molecule has 2 aromatic heterocycles. The summed E-state index contributed by atoms with van der Waals surface area (Å²) >= 11 is 0. The first-order valence-corrected chi connectivity index (χ1v) is 7.69. The number of halogens is 2. The molecule has 1 amide bonds. The van der Waals surface area contributed by atoms with Crippen molar-refractivity contribution in [2.45, 2.75) is 19.9 Å². The van der Waals surface area contributed by atoms with Gasteiger partial charge in [0.1, 0.15) is 24.0 Å². The van der Waals surface area contributed by atoms with Crippen molar-refractivity contribution < 1.29 is 18.3 Å². The third-order valence-electron chi connectivity index (χ3n) is 4.19. The number of aromatic amines is 1. The molecule has 0 radical (unpaired) electrons. The van der Waals surface area contributed by atoms with E-state index in [1.165, 1.54) is 0 Å². The predicted octanol–water partition coefficient (Wildman–Crippen LogP) is 2.72. The number of aryl methyl sites for hydroxylation is 2. The van der Waals surface area contributed by atoms with Crippen LogP contribution in [0.1, 0.15) is 33.4 Å². The Hall–Kier alpha value is -3.03. The Bertz CT molecular complexity index is 1020. The summed E-state index contributed by atoms with van der Waals surface area (Å²) in [5.41, 5.74) is 2.34. The highest BCUT2D eigenvalue weighted by Crippen LogP contribution is 2.35. The van der Waals surface area contributed by atoms with Gasteiger partial charge in [-0.1, -0.05) is 0 Å². The first kappa shape index (κ1) is 15.5. The van der Waals surface area contributed by atoms with Crippen LogP contribution in [0.4, 0.5) is 8.78 Å². The van der Waals surface area contributed by atoms with Gasteiger partial charge in [-0.25, -0.2) is 13.8 Å². The lowest BCUT2D eigenvalue weighted by Crippen LogP contribution is -2.30. The quantitative estimate of drug-likeness (QED) is 0.749. The van der Waals surface area contributed by atoms with Crippen LogP contribution in [0.15, 0.2) is 18.2 Å². The number of aromatic nitrogens is 3. The van der Waals surface area contributed by atoms with Gasteiger partial charge in [0.2, 0.25) is 0 Å². The average Bonchev–Trinajstić information content (AvgIpc) is 3.10. The summed E-state index contributed by atoms with van der Waals surface area (Å²) in [7, 11) is 0. The summed E-state index contributed by atoms with van der Waals surface area (Å²) in [6, 6.07) is 2.85. The van der Waals surface area contributed by atoms with Gasteiger partial charge in [0.15, 0.2) is 5.65 Å². The summed E-state index contributed by atoms with van der Waals surface area (Å²) in [5.74, 6) is -1.75. The first-order chi connectivity index (χ1) is 11.9. The Morgan fingerprint density at radius 3 is 2.92 bits per heavy atom. The zero-order valence-corrected chi connectivity index (χ0v) is 13.5. The van der Waals surface area contributed by atoms with Crippen molar-refractivity contribution in [1.82, 2.24) is 20.5 Å². The Balaban J connectivity index is 1.71. The maximum atomic E-state index is 14.1. The van der Waals surface area contributed by atoms with Gasteiger partial charge in [-0.15, -0.1) is 0 Å². The molecular weight excluding hydrogens is 330 g/mol. The molecule has 1 unspecified atom stereocenters. The number of H-pyrrole nitrogens is 1. The van der Waals surface area contributed by atoms with E-state index in [1.807, 2.05) is 0 Å². The lowest BCUT2D eigenvalue weighted by atomic mass is 10.1. The number of nitrogens with one attached hydrogen (secondary N) is 2. The van der Waals surface area contributed by atoms with E-state index in [0.717, 1.165) is 12.1 Å². The van der Waals surface area contributed by atoms with Gasteiger partial charge < -0.3 is 10.1 Å². The second kappa shape index (κ2) is 5.51. The van der Waals surface area contributed by atoms with Gasteiger partial charge in [-0.05, 0) is 19.9 Å². The summed E-state index contributed by atoms with van der Waals surface area (Å²) in [6.45, 7) is 3.59. The Morgan fingerprint density at radius 2 is 2.12 bits per heavy atom. The summed E-state index contributed by atoms with van der Waals surface area (Å²) in [5, 5.41) is 10.2. The number of fused-ring (bicyclic) bond motifs is 2. The first-order valence-electron chi connectivity index (χ1n) is 7.69. The third kappa shape index (κ3) is 2.50. The van der Waals surface area contributed by atoms with Crippen molar-refractivity contribution in [3.63, 3.8) is 0 Å². The fourth-order valence-electron chi connectivity index (χ4n) is 3.10. The molecule has 128 valence electrons. The van der Waals surface area contributed by atoms with Crippen LogP contribution >= 0.6 is 0 Å². The molecule has 1 aliphatic rings. The highest BCUT2D eigenvalue weighted by molar-refractivity contribution is 6.06. The fourth-order valence-corrected chi connectivity index (χ4v) is 3.10. The molecule has 4 rings (SSSR count). The monoisotopic (exact) mass is 344 g/mol. The van der Waals surface area contributed by atoms with E-state index in [-0.39, 0.29) is 17.9 Å². The number of carbonyl (C=O) groups excluding carboxylic acids is 1. The predicted molar refractivity (Wildman–Crippen MR) is 85.4 cm³/mol. The SMILES string of the molecule is Cc1cc(C(=O)NC2COc3cc(F)cc(F)c32)c2c(C)[nH]nc2n1. The Labute approximate surface area is 141 Å². The van der Waals surface area contributed by atoms with Crippen molar-refractivity contribution >= 4 is 16.9 Å². The largest absolute Gasteiger partial charge is 0.490 e. The molecule has 0 spiro atoms. The summed E-state index contributed by atoms with van der Waals surface area (Å²) in [4.78, 5) is 17.1. The number of nitrogens with zero attached hydrogens (tertiary/aromatic N) is 2. The number of pyridine rings is 1. The van der Waals surface area contributed by atoms with E-state index < -0.39 is 23.6 Å². The van der Waals surface area contributed by atoms with Crippen molar-refractivity contribution in [3.8, 4) is 5.75 Å². The van der Waals surface area contributed by atoms with Gasteiger partial charge in [0, 0.05) is 23.5 Å². The minimum atomic E-state index is -0.742. The molecule has 3 aromatic rings. The maximum Gasteiger partial charge on any atom is 0.252 e. The van der Waals surface area contributed by atoms with E-state index in [9.17, 15) is 13.6 Å². The maximum absolute atomic E-state index is 14.1. The Kier molecular flexibility index (Phi) is 3.41. The normalized spacial score (nSPS) is 15.9. The van der Waals surface area contributed by atoms with Crippen LogP contribution in [0.2, 0.25) is 0 Å². The standard InChI is InChI=1S/C17H14F2N4O2/c1-7-3-10(14-8(2)22-23-16(14)20-7)17(24)21-12-6-25-13-5-9(18)4-11(19)15(12)13/h3-5,12H,6H2,1-2H3,(H,21,24)(H,20,22,23). The van der Waals surface area contributed by atoms with E-state index in [0.29, 0.717) is 28.0 Å². The van der Waals surface area contributed by atoms with Crippen molar-refractivity contribution in [2.75, 3.05) is 6.61 Å². The number of rotatable bonds is 2. The van der Waals surface area contributed by atoms with Gasteiger partial charge in [-0.2, -0.15) is 5.10 Å². The average molecular weight is 344 g/mol. The summed E-state index contributed by atoms with van der Waals surface area (Å²) < 4.78 is 32.7. The second-order valence-electron chi connectivity index (χ2n) is 5.99. The molecule has 0 aliphatic carbocycles. The second-order valence-corrected chi connectivity index (χ2v) is 5.99. The van der Waals surface area contributed by atoms with Crippen LogP contribution in [0.3, 0.4) is 0 Å². The number of benzene rings is 1. The van der Waals surface area contributed by atoms with Crippen molar-refractivity contribution in [2.24, 2.45) is 0 Å².